The van der Waals surface area contributed by atoms with Crippen LogP contribution >= 0.6 is 0 Å². The Hall–Kier alpha value is -2.01. The number of Topliss-reactive ketones (excluding diaryl/α,β-unsaturated/α-hetero) is 1. The van der Waals surface area contributed by atoms with Crippen LogP contribution in [0.3, 0.4) is 0 Å². The number of carbonyl (C=O) groups is 1. The number of hydrogen-bond acceptors (Lipinski definition) is 5. The van der Waals surface area contributed by atoms with Gasteiger partial charge in [-0.2, -0.15) is 0 Å². The van der Waals surface area contributed by atoms with Gasteiger partial charge in [-0.25, -0.2) is 5.84 Å². The summed E-state index contributed by atoms with van der Waals surface area (Å²) in [5.41, 5.74) is 7.74. The number of hydrogen-bond donors (Lipinski definition) is 2. The van der Waals surface area contributed by atoms with Gasteiger partial charge >= 0.3 is 0 Å². The van der Waals surface area contributed by atoms with E-state index in [4.69, 9.17) is 16.3 Å². The van der Waals surface area contributed by atoms with Crippen molar-refractivity contribution in [3.63, 3.8) is 0 Å². The van der Waals surface area contributed by atoms with Crippen LogP contribution in [-0.2, 0) is 4.79 Å². The molecule has 0 aliphatic carbocycles. The molecule has 1 aromatic rings. The van der Waals surface area contributed by atoms with E-state index in [0.29, 0.717) is 24.6 Å². The van der Waals surface area contributed by atoms with Crippen molar-refractivity contribution >= 4 is 5.78 Å². The Morgan fingerprint density at radius 1 is 1.21 bits per heavy atom. The zero-order valence-electron chi connectivity index (χ0n) is 15.3. The highest BCUT2D eigenvalue weighted by atomic mass is 16.5. The highest BCUT2D eigenvalue weighted by Crippen LogP contribution is 2.18. The molecule has 0 spiro atoms. The predicted molar refractivity (Wildman–Crippen MR) is 98.3 cm³/mol. The maximum atomic E-state index is 11.6. The third kappa shape index (κ3) is 7.51. The van der Waals surface area contributed by atoms with Gasteiger partial charge in [0, 0.05) is 25.1 Å². The Balaban J connectivity index is 2.36. The van der Waals surface area contributed by atoms with Crippen LogP contribution in [-0.4, -0.2) is 23.9 Å². The van der Waals surface area contributed by atoms with Crippen molar-refractivity contribution in [2.75, 3.05) is 13.2 Å². The van der Waals surface area contributed by atoms with Crippen LogP contribution in [0.15, 0.2) is 36.2 Å². The molecule has 0 atom stereocenters. The van der Waals surface area contributed by atoms with Gasteiger partial charge in [-0.1, -0.05) is 39.8 Å². The molecule has 0 amide bonds. The van der Waals surface area contributed by atoms with Gasteiger partial charge in [0.2, 0.25) is 0 Å². The third-order valence-corrected chi connectivity index (χ3v) is 3.77. The molecule has 134 valence electrons. The number of ether oxygens (including phenoxy) is 1. The van der Waals surface area contributed by atoms with Crippen LogP contribution in [0.5, 0.6) is 5.75 Å². The first-order valence-electron chi connectivity index (χ1n) is 8.52. The molecule has 0 saturated carbocycles. The summed E-state index contributed by atoms with van der Waals surface area (Å²) in [4.78, 5) is 11.6. The van der Waals surface area contributed by atoms with Gasteiger partial charge in [0.05, 0.1) is 5.70 Å². The molecule has 0 unspecified atom stereocenters. The summed E-state index contributed by atoms with van der Waals surface area (Å²) in [7, 11) is 0. The summed E-state index contributed by atoms with van der Waals surface area (Å²) in [5.74, 6) is 7.48. The first kappa shape index (κ1) is 20.0. The van der Waals surface area contributed by atoms with Crippen molar-refractivity contribution in [3.8, 4) is 5.75 Å². The Morgan fingerprint density at radius 2 is 1.83 bits per heavy atom. The Morgan fingerprint density at radius 3 is 2.38 bits per heavy atom. The van der Waals surface area contributed by atoms with E-state index in [0.717, 1.165) is 12.2 Å². The molecule has 0 aliphatic rings. The van der Waals surface area contributed by atoms with Gasteiger partial charge in [-0.15, -0.1) is 0 Å². The number of benzene rings is 1. The number of nitrogens with two attached hydrogens (primary N) is 2. The Labute approximate surface area is 145 Å². The second kappa shape index (κ2) is 9.98. The fourth-order valence-electron chi connectivity index (χ4n) is 2.15. The van der Waals surface area contributed by atoms with Crippen LogP contribution in [0.4, 0.5) is 0 Å². The maximum Gasteiger partial charge on any atom is 0.135 e. The maximum absolute atomic E-state index is 11.6. The topological polar surface area (TPSA) is 81.6 Å². The van der Waals surface area contributed by atoms with E-state index in [1.807, 2.05) is 26.0 Å². The Bertz CT molecular complexity index is 536. The summed E-state index contributed by atoms with van der Waals surface area (Å²) in [5, 5.41) is 1.51. The van der Waals surface area contributed by atoms with Crippen molar-refractivity contribution in [2.45, 2.75) is 46.5 Å². The summed E-state index contributed by atoms with van der Waals surface area (Å²) < 4.78 is 5.65. The number of nitrogens with zero attached hydrogens (tertiary/aromatic N) is 1. The molecule has 1 aromatic carbocycles. The number of ketones is 1. The van der Waals surface area contributed by atoms with Crippen molar-refractivity contribution in [1.82, 2.24) is 5.01 Å². The van der Waals surface area contributed by atoms with Crippen molar-refractivity contribution < 1.29 is 9.53 Å². The standard InChI is InChI=1S/C19H31N3O2/c1-14(2)16-7-9-18(10-8-16)24-13-17(20)12-22(21)11-5-6-19(23)15(3)4/h7-10,12,14-15H,5-6,11,13,20-21H2,1-4H3/b17-12-. The molecule has 0 fully saturated rings. The summed E-state index contributed by atoms with van der Waals surface area (Å²) >= 11 is 0. The van der Waals surface area contributed by atoms with E-state index in [-0.39, 0.29) is 18.3 Å². The molecule has 0 radical (unpaired) electrons. The number of carbonyl (C=O) groups excluding carboxylic acids is 1. The molecule has 4 N–H and O–H groups in total. The molecule has 0 aliphatic heterocycles. The molecular formula is C19H31N3O2. The van der Waals surface area contributed by atoms with Crippen LogP contribution in [0.2, 0.25) is 0 Å². The largest absolute Gasteiger partial charge is 0.487 e. The molecule has 24 heavy (non-hydrogen) atoms. The molecule has 0 heterocycles. The summed E-state index contributed by atoms with van der Waals surface area (Å²) in [6.07, 6.45) is 2.91. The van der Waals surface area contributed by atoms with Crippen LogP contribution in [0.25, 0.3) is 0 Å². The molecule has 5 heteroatoms. The number of hydrazine groups is 1. The fraction of sp³-hybridized carbons (Fsp3) is 0.526. The van der Waals surface area contributed by atoms with Crippen LogP contribution in [0.1, 0.15) is 52.0 Å². The van der Waals surface area contributed by atoms with Gasteiger partial charge in [0.25, 0.3) is 0 Å². The quantitative estimate of drug-likeness (QED) is 0.508. The second-order valence-corrected chi connectivity index (χ2v) is 6.68. The van der Waals surface area contributed by atoms with Crippen molar-refractivity contribution in [2.24, 2.45) is 17.5 Å². The first-order chi connectivity index (χ1) is 11.3. The molecular weight excluding hydrogens is 302 g/mol. The highest BCUT2D eigenvalue weighted by Gasteiger charge is 2.07. The fourth-order valence-corrected chi connectivity index (χ4v) is 2.15. The average Bonchev–Trinajstić information content (AvgIpc) is 2.53. The smallest absolute Gasteiger partial charge is 0.135 e. The minimum absolute atomic E-state index is 0.0762. The molecule has 1 rings (SSSR count). The molecule has 0 aromatic heterocycles. The van der Waals surface area contributed by atoms with Crippen molar-refractivity contribution in [3.05, 3.63) is 41.7 Å². The summed E-state index contributed by atoms with van der Waals surface area (Å²) in [6, 6.07) is 8.00. The van der Waals surface area contributed by atoms with Gasteiger partial charge in [0.1, 0.15) is 18.1 Å². The molecule has 0 bridgehead atoms. The predicted octanol–water partition coefficient (Wildman–Crippen LogP) is 3.17. The van der Waals surface area contributed by atoms with E-state index < -0.39 is 0 Å². The lowest BCUT2D eigenvalue weighted by molar-refractivity contribution is -0.122. The summed E-state index contributed by atoms with van der Waals surface area (Å²) in [6.45, 7) is 8.99. The minimum Gasteiger partial charge on any atom is -0.487 e. The van der Waals surface area contributed by atoms with E-state index in [1.54, 1.807) is 6.20 Å². The zero-order valence-corrected chi connectivity index (χ0v) is 15.3. The van der Waals surface area contributed by atoms with E-state index in [9.17, 15) is 4.79 Å². The van der Waals surface area contributed by atoms with Gasteiger partial charge in [-0.05, 0) is 30.0 Å². The van der Waals surface area contributed by atoms with E-state index >= 15 is 0 Å². The monoisotopic (exact) mass is 333 g/mol. The second-order valence-electron chi connectivity index (χ2n) is 6.68. The third-order valence-electron chi connectivity index (χ3n) is 3.77. The minimum atomic E-state index is 0.0762. The molecule has 5 nitrogen and oxygen atoms in total. The Kier molecular flexibility index (Phi) is 8.33. The van der Waals surface area contributed by atoms with Gasteiger partial charge in [0.15, 0.2) is 0 Å². The zero-order chi connectivity index (χ0) is 18.1. The van der Waals surface area contributed by atoms with Gasteiger partial charge in [-0.3, -0.25) is 4.79 Å². The lowest BCUT2D eigenvalue weighted by atomic mass is 10.0. The van der Waals surface area contributed by atoms with E-state index in [2.05, 4.69) is 26.0 Å². The lowest BCUT2D eigenvalue weighted by Crippen LogP contribution is -2.29. The van der Waals surface area contributed by atoms with Crippen LogP contribution in [0, 0.1) is 5.92 Å². The normalized spacial score (nSPS) is 11.9. The highest BCUT2D eigenvalue weighted by molar-refractivity contribution is 5.80. The average molecular weight is 333 g/mol. The lowest BCUT2D eigenvalue weighted by Gasteiger charge is -2.15. The SMILES string of the molecule is CC(C)C(=O)CCCN(N)/C=C(\N)COc1ccc(C(C)C)cc1. The van der Waals surface area contributed by atoms with Crippen molar-refractivity contribution in [1.29, 1.82) is 0 Å². The first-order valence-corrected chi connectivity index (χ1v) is 8.52. The van der Waals surface area contributed by atoms with Crippen LogP contribution < -0.4 is 16.3 Å². The van der Waals surface area contributed by atoms with E-state index in [1.165, 1.54) is 10.6 Å². The molecule has 0 saturated heterocycles. The van der Waals surface area contributed by atoms with Gasteiger partial charge < -0.3 is 15.5 Å². The number of rotatable bonds is 10.